The van der Waals surface area contributed by atoms with Gasteiger partial charge in [-0.25, -0.2) is 4.98 Å². The number of ether oxygens (including phenoxy) is 4. The zero-order valence-corrected chi connectivity index (χ0v) is 36.9. The largest absolute Gasteiger partial charge is 0.490 e. The van der Waals surface area contributed by atoms with Gasteiger partial charge in [-0.05, 0) is 48.6 Å². The maximum Gasteiger partial charge on any atom is 0.261 e. The van der Waals surface area contributed by atoms with Gasteiger partial charge in [0.25, 0.3) is 5.91 Å². The first-order chi connectivity index (χ1) is 31.2. The molecule has 2 unspecified atom stereocenters. The molecule has 5 aromatic rings. The summed E-state index contributed by atoms with van der Waals surface area (Å²) < 4.78 is 25.1. The highest BCUT2D eigenvalue weighted by Gasteiger charge is 2.45. The van der Waals surface area contributed by atoms with Crippen molar-refractivity contribution in [3.8, 4) is 16.9 Å². The van der Waals surface area contributed by atoms with Crippen LogP contribution in [-0.2, 0) is 35.1 Å². The van der Waals surface area contributed by atoms with E-state index in [0.29, 0.717) is 49.6 Å². The predicted molar refractivity (Wildman–Crippen MR) is 244 cm³/mol. The van der Waals surface area contributed by atoms with Crippen molar-refractivity contribution in [1.29, 1.82) is 0 Å². The molecule has 16 nitrogen and oxygen atoms in total. The van der Waals surface area contributed by atoms with Gasteiger partial charge in [-0.1, -0.05) is 54.7 Å². The van der Waals surface area contributed by atoms with E-state index in [-0.39, 0.29) is 56.3 Å². The predicted octanol–water partition coefficient (Wildman–Crippen LogP) is 4.63. The number of hydrogen-bond acceptors (Lipinski definition) is 13. The van der Waals surface area contributed by atoms with Crippen LogP contribution in [0.3, 0.4) is 0 Å². The van der Waals surface area contributed by atoms with Gasteiger partial charge in [0.2, 0.25) is 17.7 Å². The molecule has 0 aliphatic carbocycles. The number of aliphatic hydroxyl groups is 1. The molecule has 0 spiro atoms. The van der Waals surface area contributed by atoms with E-state index >= 15 is 0 Å². The number of nitrogens with one attached hydrogen (secondary N) is 2. The number of nitrogens with two attached hydrogens (primary N) is 1. The summed E-state index contributed by atoms with van der Waals surface area (Å²) in [4.78, 5) is 58.4. The Kier molecular flexibility index (Phi) is 14.6. The lowest BCUT2D eigenvalue weighted by molar-refractivity contribution is -0.139. The van der Waals surface area contributed by atoms with Gasteiger partial charge in [0.15, 0.2) is 11.4 Å². The van der Waals surface area contributed by atoms with Crippen LogP contribution in [0.4, 0.5) is 5.13 Å². The van der Waals surface area contributed by atoms with Crippen LogP contribution >= 0.6 is 23.6 Å². The quantitative estimate of drug-likeness (QED) is 0.0480. The second-order valence-electron chi connectivity index (χ2n) is 15.8. The topological polar surface area (TPSA) is 200 Å². The minimum absolute atomic E-state index is 0.0810. The number of carbonyl (C=O) groups excluding carboxylic acids is 4. The van der Waals surface area contributed by atoms with Gasteiger partial charge in [-0.15, -0.1) is 11.3 Å². The van der Waals surface area contributed by atoms with Gasteiger partial charge in [-0.2, -0.15) is 0 Å². The first-order valence-corrected chi connectivity index (χ1v) is 22.7. The number of hydrogen-bond donors (Lipinski definition) is 4. The number of amides is 4. The van der Waals surface area contributed by atoms with E-state index in [9.17, 15) is 24.3 Å². The number of thiocarbonyl (C=S) groups is 1. The molecular formula is C46H51N7O9S2. The van der Waals surface area contributed by atoms with Crippen LogP contribution in [0.2, 0.25) is 0 Å². The van der Waals surface area contributed by atoms with Crippen LogP contribution in [0.1, 0.15) is 71.4 Å². The fourth-order valence-electron chi connectivity index (χ4n) is 8.45. The number of aliphatic hydroxyl groups excluding tert-OH is 1. The van der Waals surface area contributed by atoms with Crippen LogP contribution < -0.4 is 26.0 Å². The normalized spacial score (nSPS) is 17.8. The van der Waals surface area contributed by atoms with Crippen LogP contribution in [0, 0.1) is 0 Å². The number of benzene rings is 3. The second kappa shape index (κ2) is 20.8. The number of rotatable bonds is 20. The maximum atomic E-state index is 13.3. The summed E-state index contributed by atoms with van der Waals surface area (Å²) in [6.45, 7) is 4.15. The third kappa shape index (κ3) is 10.3. The molecular weight excluding hydrogens is 859 g/mol. The molecule has 2 fully saturated rings. The molecule has 64 heavy (non-hydrogen) atoms. The van der Waals surface area contributed by atoms with Crippen molar-refractivity contribution in [2.45, 2.75) is 57.0 Å². The zero-order chi connectivity index (χ0) is 44.6. The van der Waals surface area contributed by atoms with E-state index in [1.54, 1.807) is 29.5 Å². The van der Waals surface area contributed by atoms with E-state index in [1.807, 2.05) is 29.8 Å². The Morgan fingerprint density at radius 1 is 0.938 bits per heavy atom. The summed E-state index contributed by atoms with van der Waals surface area (Å²) in [5.41, 5.74) is 11.6. The molecule has 8 rings (SSSR count). The number of fused-ring (bicyclic) bond motifs is 2. The van der Waals surface area contributed by atoms with Gasteiger partial charge in [-0.3, -0.25) is 29.4 Å². The monoisotopic (exact) mass is 909 g/mol. The second-order valence-corrected chi connectivity index (χ2v) is 17.1. The number of nitrogens with zero attached hydrogens (tertiary/aromatic N) is 4. The Morgan fingerprint density at radius 3 is 2.42 bits per heavy atom. The standard InChI is InChI=1S/C46H51N7O9S2/c47-42(63)31-4-1-3-30(26-31)35-28-52(32-11-15-51(16-12-32)46-48-14-24-64-46)37-25-29(7-8-33(35)37)27-49-39(54)13-17-59-18-19-60-20-21-61-22-23-62-38-6-2-5-34-41(38)45(58)53(44(34)57)36-9-10-40(55)50-43(36)56/h1-8,14,24-26,28,32,36,44,57H,9-13,15-23,27H2,(H2,47,63)(H,49,54)(H,50,55,56). The average molecular weight is 910 g/mol. The smallest absolute Gasteiger partial charge is 0.261 e. The molecule has 4 amide bonds. The third-order valence-corrected chi connectivity index (χ3v) is 12.8. The van der Waals surface area contributed by atoms with Crippen molar-refractivity contribution in [1.82, 2.24) is 25.1 Å². The number of anilines is 1. The average Bonchev–Trinajstić information content (AvgIpc) is 4.04. The van der Waals surface area contributed by atoms with E-state index < -0.39 is 30.0 Å². The Hall–Kier alpha value is -5.76. The molecule has 5 N–H and O–H groups in total. The van der Waals surface area contributed by atoms with Gasteiger partial charge in [0.05, 0.1) is 45.2 Å². The molecule has 5 heterocycles. The third-order valence-electron chi connectivity index (χ3n) is 11.7. The molecule has 0 bridgehead atoms. The molecule has 3 aliphatic heterocycles. The molecule has 0 saturated carbocycles. The van der Waals surface area contributed by atoms with Gasteiger partial charge < -0.3 is 44.6 Å². The van der Waals surface area contributed by atoms with E-state index in [2.05, 4.69) is 55.5 Å². The maximum absolute atomic E-state index is 13.3. The molecule has 0 radical (unpaired) electrons. The Bertz CT molecular complexity index is 2490. The lowest BCUT2D eigenvalue weighted by Crippen LogP contribution is -2.53. The van der Waals surface area contributed by atoms with Crippen molar-refractivity contribution >= 4 is 68.2 Å². The molecule has 2 aromatic heterocycles. The van der Waals surface area contributed by atoms with Crippen LogP contribution in [0.15, 0.2) is 78.4 Å². The fraction of sp³-hybridized carbons (Fsp3) is 0.391. The summed E-state index contributed by atoms with van der Waals surface area (Å²) >= 11 is 6.95. The van der Waals surface area contributed by atoms with Crippen molar-refractivity contribution < 1.29 is 43.2 Å². The highest BCUT2D eigenvalue weighted by molar-refractivity contribution is 7.80. The fourth-order valence-corrected chi connectivity index (χ4v) is 9.28. The van der Waals surface area contributed by atoms with Gasteiger partial charge in [0, 0.05) is 83.9 Å². The van der Waals surface area contributed by atoms with Crippen LogP contribution in [-0.4, -0.2) is 114 Å². The minimum Gasteiger partial charge on any atom is -0.490 e. The summed E-state index contributed by atoms with van der Waals surface area (Å²) in [5, 5.41) is 20.3. The summed E-state index contributed by atoms with van der Waals surface area (Å²) in [6.07, 6.45) is 5.17. The Balaban J connectivity index is 0.735. The van der Waals surface area contributed by atoms with Gasteiger partial charge in [0.1, 0.15) is 23.4 Å². The van der Waals surface area contributed by atoms with Crippen molar-refractivity contribution in [3.63, 3.8) is 0 Å². The summed E-state index contributed by atoms with van der Waals surface area (Å²) in [7, 11) is 0. The number of piperidine rings is 2. The van der Waals surface area contributed by atoms with Crippen molar-refractivity contribution in [3.05, 3.63) is 101 Å². The molecule has 2 saturated heterocycles. The van der Waals surface area contributed by atoms with Crippen molar-refractivity contribution in [2.24, 2.45) is 5.73 Å². The summed E-state index contributed by atoms with van der Waals surface area (Å²) in [5.74, 6) is -1.38. The lowest BCUT2D eigenvalue weighted by atomic mass is 10.0. The van der Waals surface area contributed by atoms with E-state index in [0.717, 1.165) is 69.1 Å². The Labute approximate surface area is 379 Å². The SMILES string of the molecule is NC(=S)c1cccc(-c2cn(C3CCN(c4nccs4)CC3)c3cc(CNC(=O)CCOCCOCCOCCOc4cccc5c4C(=O)N(C4CCC(=O)NC4=O)C5O)ccc23)c1. The molecule has 336 valence electrons. The number of carbonyl (C=O) groups is 4. The number of imide groups is 1. The molecule has 3 aromatic carbocycles. The van der Waals surface area contributed by atoms with Crippen LogP contribution in [0.5, 0.6) is 5.75 Å². The highest BCUT2D eigenvalue weighted by atomic mass is 32.1. The number of aromatic nitrogens is 2. The molecule has 18 heteroatoms. The Morgan fingerprint density at radius 2 is 1.69 bits per heavy atom. The molecule has 2 atom stereocenters. The van der Waals surface area contributed by atoms with Crippen molar-refractivity contribution in [2.75, 3.05) is 64.2 Å². The summed E-state index contributed by atoms with van der Waals surface area (Å²) in [6, 6.07) is 18.7. The van der Waals surface area contributed by atoms with E-state index in [1.165, 1.54) is 0 Å². The first-order valence-electron chi connectivity index (χ1n) is 21.4. The first kappa shape index (κ1) is 44.8. The van der Waals surface area contributed by atoms with Gasteiger partial charge >= 0.3 is 0 Å². The lowest BCUT2D eigenvalue weighted by Gasteiger charge is -2.33. The van der Waals surface area contributed by atoms with E-state index in [4.69, 9.17) is 36.9 Å². The number of thiazole rings is 1. The zero-order valence-electron chi connectivity index (χ0n) is 35.2. The minimum atomic E-state index is -1.33. The highest BCUT2D eigenvalue weighted by Crippen LogP contribution is 2.40. The van der Waals surface area contributed by atoms with Crippen LogP contribution in [0.25, 0.3) is 22.0 Å². The molecule has 3 aliphatic rings.